The van der Waals surface area contributed by atoms with Gasteiger partial charge in [0.15, 0.2) is 0 Å². The molecule has 0 radical (unpaired) electrons. The van der Waals surface area contributed by atoms with E-state index in [1.807, 2.05) is 13.8 Å². The molecule has 2 aliphatic rings. The fraction of sp³-hybridized carbons (Fsp3) is 0.333. The molecule has 0 saturated heterocycles. The smallest absolute Gasteiger partial charge is 0.299 e. The molecule has 0 aromatic heterocycles. The van der Waals surface area contributed by atoms with Crippen molar-refractivity contribution in [2.45, 2.75) is 26.7 Å². The molecule has 0 saturated carbocycles. The minimum absolute atomic E-state index is 0.312. The number of hydrogen-bond acceptors (Lipinski definition) is 6. The number of carbonyl (C=O) groups excluding carboxylic acids is 1. The molecule has 0 aliphatic carbocycles. The Kier molecular flexibility index (Phi) is 4.65. The Balaban J connectivity index is 2.05. The van der Waals surface area contributed by atoms with Crippen molar-refractivity contribution in [1.82, 2.24) is 5.01 Å². The molecule has 7 nitrogen and oxygen atoms in total. The third-order valence-corrected chi connectivity index (χ3v) is 4.03. The highest BCUT2D eigenvalue weighted by Gasteiger charge is 2.33. The Morgan fingerprint density at radius 3 is 2.48 bits per heavy atom. The van der Waals surface area contributed by atoms with Crippen molar-refractivity contribution >= 4 is 29.4 Å². The van der Waals surface area contributed by atoms with E-state index in [4.69, 9.17) is 9.47 Å². The average Bonchev–Trinajstić information content (AvgIpc) is 2.94. The number of carbonyl (C=O) groups is 1. The molecule has 0 N–H and O–H groups in total. The second-order valence-electron chi connectivity index (χ2n) is 5.48. The van der Waals surface area contributed by atoms with E-state index in [0.717, 1.165) is 24.3 Å². The van der Waals surface area contributed by atoms with Gasteiger partial charge in [-0.3, -0.25) is 4.79 Å². The number of rotatable bonds is 5. The maximum absolute atomic E-state index is 12.4. The number of methoxy groups -OCH3 is 2. The predicted octanol–water partition coefficient (Wildman–Crippen LogP) is 2.87. The first-order chi connectivity index (χ1) is 12.1. The molecule has 7 heteroatoms. The summed E-state index contributed by atoms with van der Waals surface area (Å²) in [4.78, 5) is 20.9. The van der Waals surface area contributed by atoms with Crippen LogP contribution in [0.15, 0.2) is 39.0 Å². The van der Waals surface area contributed by atoms with Gasteiger partial charge in [-0.2, -0.15) is 15.1 Å². The molecule has 130 valence electrons. The van der Waals surface area contributed by atoms with Crippen molar-refractivity contribution in [3.05, 3.63) is 29.5 Å². The lowest BCUT2D eigenvalue weighted by Crippen LogP contribution is -2.30. The summed E-state index contributed by atoms with van der Waals surface area (Å²) in [5.74, 6) is 1.23. The number of benzene rings is 1. The second kappa shape index (κ2) is 6.88. The van der Waals surface area contributed by atoms with Crippen molar-refractivity contribution in [3.63, 3.8) is 0 Å². The highest BCUT2D eigenvalue weighted by molar-refractivity contribution is 6.45. The van der Waals surface area contributed by atoms with Gasteiger partial charge >= 0.3 is 0 Å². The first-order valence-electron chi connectivity index (χ1n) is 8.13. The van der Waals surface area contributed by atoms with Crippen molar-refractivity contribution in [2.75, 3.05) is 14.2 Å². The first-order valence-corrected chi connectivity index (χ1v) is 8.13. The molecule has 0 atom stereocenters. The number of hydrogen-bond donors (Lipinski definition) is 0. The average molecular weight is 340 g/mol. The van der Waals surface area contributed by atoms with E-state index in [-0.39, 0.29) is 5.91 Å². The molecule has 1 aromatic carbocycles. The Labute approximate surface area is 146 Å². The summed E-state index contributed by atoms with van der Waals surface area (Å²) < 4.78 is 10.6. The van der Waals surface area contributed by atoms with Gasteiger partial charge in [-0.15, -0.1) is 0 Å². The molecular weight excluding hydrogens is 320 g/mol. The number of hydrazone groups is 1. The largest absolute Gasteiger partial charge is 0.497 e. The van der Waals surface area contributed by atoms with Crippen LogP contribution < -0.4 is 9.47 Å². The van der Waals surface area contributed by atoms with Gasteiger partial charge in [-0.1, -0.05) is 13.8 Å². The Bertz CT molecular complexity index is 837. The highest BCUT2D eigenvalue weighted by Crippen LogP contribution is 2.30. The molecule has 3 rings (SSSR count). The molecule has 0 unspecified atom stereocenters. The van der Waals surface area contributed by atoms with Gasteiger partial charge in [0.1, 0.15) is 17.2 Å². The minimum Gasteiger partial charge on any atom is -0.497 e. The van der Waals surface area contributed by atoms with Crippen LogP contribution in [-0.4, -0.2) is 42.5 Å². The summed E-state index contributed by atoms with van der Waals surface area (Å²) in [6.45, 7) is 4.02. The summed E-state index contributed by atoms with van der Waals surface area (Å²) >= 11 is 0. The van der Waals surface area contributed by atoms with Crippen LogP contribution in [0, 0.1) is 0 Å². The molecule has 0 bridgehead atoms. The van der Waals surface area contributed by atoms with Gasteiger partial charge in [0.25, 0.3) is 11.9 Å². The third-order valence-electron chi connectivity index (χ3n) is 4.03. The fourth-order valence-electron chi connectivity index (χ4n) is 2.71. The Hall–Kier alpha value is -2.96. The Morgan fingerprint density at radius 1 is 1.08 bits per heavy atom. The lowest BCUT2D eigenvalue weighted by Gasteiger charge is -2.20. The van der Waals surface area contributed by atoms with Crippen molar-refractivity contribution < 1.29 is 14.3 Å². The van der Waals surface area contributed by atoms with E-state index < -0.39 is 0 Å². The monoisotopic (exact) mass is 340 g/mol. The topological polar surface area (TPSA) is 75.8 Å². The van der Waals surface area contributed by atoms with Gasteiger partial charge in [-0.05, 0) is 37.1 Å². The number of ether oxygens (including phenoxy) is 2. The summed E-state index contributed by atoms with van der Waals surface area (Å²) in [6, 6.07) is 5.38. The SMILES string of the molecule is CCC1=NC2=NC(=O)C(=Cc3cc(OC)ccc3OC)N2N=C1CC. The zero-order valence-electron chi connectivity index (χ0n) is 14.7. The summed E-state index contributed by atoms with van der Waals surface area (Å²) in [6.07, 6.45) is 3.18. The molecule has 1 amide bonds. The van der Waals surface area contributed by atoms with Gasteiger partial charge < -0.3 is 9.47 Å². The van der Waals surface area contributed by atoms with Crippen molar-refractivity contribution in [2.24, 2.45) is 15.1 Å². The quantitative estimate of drug-likeness (QED) is 0.772. The molecule has 0 fully saturated rings. The van der Waals surface area contributed by atoms with Crippen LogP contribution in [0.1, 0.15) is 32.3 Å². The van der Waals surface area contributed by atoms with E-state index >= 15 is 0 Å². The molecule has 2 heterocycles. The van der Waals surface area contributed by atoms with Crippen LogP contribution in [0.5, 0.6) is 11.5 Å². The molecule has 25 heavy (non-hydrogen) atoms. The predicted molar refractivity (Wildman–Crippen MR) is 97.3 cm³/mol. The van der Waals surface area contributed by atoms with Crippen LogP contribution in [0.4, 0.5) is 0 Å². The molecule has 2 aliphatic heterocycles. The standard InChI is InChI=1S/C18H20N4O3/c1-5-13-14(6-2)21-22-15(17(23)20-18(22)19-13)10-11-9-12(24-3)7-8-16(11)25-4/h7-10H,5-6H2,1-4H3. The van der Waals surface area contributed by atoms with E-state index in [2.05, 4.69) is 15.1 Å². The highest BCUT2D eigenvalue weighted by atomic mass is 16.5. The van der Waals surface area contributed by atoms with Gasteiger partial charge in [0, 0.05) is 5.56 Å². The number of amides is 1. The lowest BCUT2D eigenvalue weighted by atomic mass is 10.1. The summed E-state index contributed by atoms with van der Waals surface area (Å²) in [5.41, 5.74) is 2.77. The lowest BCUT2D eigenvalue weighted by molar-refractivity contribution is -0.114. The van der Waals surface area contributed by atoms with E-state index in [0.29, 0.717) is 28.7 Å². The minimum atomic E-state index is -0.375. The fourth-order valence-corrected chi connectivity index (χ4v) is 2.71. The summed E-state index contributed by atoms with van der Waals surface area (Å²) in [5, 5.41) is 6.07. The molecule has 1 aromatic rings. The molecule has 0 spiro atoms. The zero-order chi connectivity index (χ0) is 18.0. The zero-order valence-corrected chi connectivity index (χ0v) is 14.7. The van der Waals surface area contributed by atoms with Crippen LogP contribution in [0.2, 0.25) is 0 Å². The maximum Gasteiger partial charge on any atom is 0.299 e. The van der Waals surface area contributed by atoms with E-state index in [9.17, 15) is 4.79 Å². The first kappa shape index (κ1) is 16.9. The van der Waals surface area contributed by atoms with Gasteiger partial charge in [0.05, 0.1) is 25.6 Å². The van der Waals surface area contributed by atoms with Crippen LogP contribution >= 0.6 is 0 Å². The second-order valence-corrected chi connectivity index (χ2v) is 5.48. The number of guanidine groups is 1. The van der Waals surface area contributed by atoms with Crippen molar-refractivity contribution in [3.8, 4) is 11.5 Å². The van der Waals surface area contributed by atoms with Crippen LogP contribution in [0.3, 0.4) is 0 Å². The Morgan fingerprint density at radius 2 is 1.84 bits per heavy atom. The van der Waals surface area contributed by atoms with Gasteiger partial charge in [0.2, 0.25) is 0 Å². The van der Waals surface area contributed by atoms with Crippen LogP contribution in [-0.2, 0) is 4.79 Å². The number of nitrogens with zero attached hydrogens (tertiary/aromatic N) is 4. The third kappa shape index (κ3) is 3.05. The van der Waals surface area contributed by atoms with Gasteiger partial charge in [-0.25, -0.2) is 4.99 Å². The normalized spacial score (nSPS) is 17.9. The number of aliphatic imine (C=N–C) groups is 2. The van der Waals surface area contributed by atoms with Crippen molar-refractivity contribution in [1.29, 1.82) is 0 Å². The number of fused-ring (bicyclic) bond motifs is 1. The molecular formula is C18H20N4O3. The van der Waals surface area contributed by atoms with Crippen LogP contribution in [0.25, 0.3) is 6.08 Å². The summed E-state index contributed by atoms with van der Waals surface area (Å²) in [7, 11) is 3.17. The van der Waals surface area contributed by atoms with E-state index in [1.165, 1.54) is 5.01 Å². The maximum atomic E-state index is 12.4. The van der Waals surface area contributed by atoms with E-state index in [1.54, 1.807) is 38.5 Å².